The molecule has 0 aliphatic carbocycles. The molecule has 3 aromatic rings. The highest BCUT2D eigenvalue weighted by Crippen LogP contribution is 2.23. The summed E-state index contributed by atoms with van der Waals surface area (Å²) in [7, 11) is 1.93. The lowest BCUT2D eigenvalue weighted by Crippen LogP contribution is -2.07. The fourth-order valence-corrected chi connectivity index (χ4v) is 2.69. The van der Waals surface area contributed by atoms with Crippen LogP contribution in [0.2, 0.25) is 0 Å². The van der Waals surface area contributed by atoms with Gasteiger partial charge in [0.2, 0.25) is 5.95 Å². The number of benzene rings is 1. The quantitative estimate of drug-likeness (QED) is 0.753. The number of anilines is 1. The molecule has 0 saturated heterocycles. The molecule has 5 nitrogen and oxygen atoms in total. The molecule has 3 rings (SSSR count). The molecule has 2 heterocycles. The zero-order chi connectivity index (χ0) is 16.9. The van der Waals surface area contributed by atoms with Crippen molar-refractivity contribution in [2.45, 2.75) is 33.2 Å². The molecule has 1 N–H and O–H groups in total. The second-order valence-electron chi connectivity index (χ2n) is 5.79. The average Bonchev–Trinajstić information content (AvgIpc) is 3.06. The van der Waals surface area contributed by atoms with Crippen molar-refractivity contribution >= 4 is 5.95 Å². The van der Waals surface area contributed by atoms with Gasteiger partial charge < -0.3 is 5.32 Å². The first-order chi connectivity index (χ1) is 11.7. The van der Waals surface area contributed by atoms with Crippen LogP contribution in [0, 0.1) is 0 Å². The largest absolute Gasteiger partial charge is 0.350 e. The lowest BCUT2D eigenvalue weighted by atomic mass is 10.0. The SMILES string of the molecule is CCc1cc(CC)nc(NCc2ccccc2-c2cnn(C)c2)n1. The second-order valence-corrected chi connectivity index (χ2v) is 5.79. The van der Waals surface area contributed by atoms with Gasteiger partial charge in [0.25, 0.3) is 0 Å². The summed E-state index contributed by atoms with van der Waals surface area (Å²) >= 11 is 0. The minimum absolute atomic E-state index is 0.682. The molecule has 0 atom stereocenters. The smallest absolute Gasteiger partial charge is 0.223 e. The summed E-state index contributed by atoms with van der Waals surface area (Å²) in [6.07, 6.45) is 5.75. The third kappa shape index (κ3) is 3.62. The third-order valence-electron chi connectivity index (χ3n) is 4.03. The van der Waals surface area contributed by atoms with E-state index in [9.17, 15) is 0 Å². The summed E-state index contributed by atoms with van der Waals surface area (Å²) < 4.78 is 1.82. The molecule has 0 saturated carbocycles. The maximum absolute atomic E-state index is 4.58. The Balaban J connectivity index is 1.83. The highest BCUT2D eigenvalue weighted by Gasteiger charge is 2.08. The maximum Gasteiger partial charge on any atom is 0.223 e. The Hall–Kier alpha value is -2.69. The fourth-order valence-electron chi connectivity index (χ4n) is 2.69. The van der Waals surface area contributed by atoms with E-state index >= 15 is 0 Å². The minimum atomic E-state index is 0.682. The van der Waals surface area contributed by atoms with Gasteiger partial charge in [-0.3, -0.25) is 4.68 Å². The third-order valence-corrected chi connectivity index (χ3v) is 4.03. The van der Waals surface area contributed by atoms with Crippen LogP contribution in [0.15, 0.2) is 42.7 Å². The Morgan fingerprint density at radius 2 is 1.75 bits per heavy atom. The topological polar surface area (TPSA) is 55.6 Å². The van der Waals surface area contributed by atoms with Crippen LogP contribution in [0.4, 0.5) is 5.95 Å². The van der Waals surface area contributed by atoms with Gasteiger partial charge in [-0.15, -0.1) is 0 Å². The van der Waals surface area contributed by atoms with E-state index in [1.807, 2.05) is 24.1 Å². The van der Waals surface area contributed by atoms with Crippen LogP contribution in [0.25, 0.3) is 11.1 Å². The number of aromatic nitrogens is 4. The van der Waals surface area contributed by atoms with E-state index in [1.54, 1.807) is 0 Å². The van der Waals surface area contributed by atoms with Gasteiger partial charge in [-0.1, -0.05) is 38.1 Å². The first-order valence-corrected chi connectivity index (χ1v) is 8.37. The molecule has 5 heteroatoms. The van der Waals surface area contributed by atoms with Crippen molar-refractivity contribution in [3.05, 3.63) is 59.7 Å². The van der Waals surface area contributed by atoms with Gasteiger partial charge in [0.15, 0.2) is 0 Å². The van der Waals surface area contributed by atoms with Crippen LogP contribution >= 0.6 is 0 Å². The minimum Gasteiger partial charge on any atom is -0.350 e. The Kier molecular flexibility index (Phi) is 4.89. The van der Waals surface area contributed by atoms with Crippen LogP contribution in [0.3, 0.4) is 0 Å². The van der Waals surface area contributed by atoms with Crippen molar-refractivity contribution in [2.24, 2.45) is 7.05 Å². The van der Waals surface area contributed by atoms with Gasteiger partial charge in [0, 0.05) is 36.7 Å². The maximum atomic E-state index is 4.58. The summed E-state index contributed by atoms with van der Waals surface area (Å²) in [6.45, 7) is 4.91. The predicted molar refractivity (Wildman–Crippen MR) is 96.8 cm³/mol. The Morgan fingerprint density at radius 1 is 1.04 bits per heavy atom. The summed E-state index contributed by atoms with van der Waals surface area (Å²) in [5.74, 6) is 0.701. The lowest BCUT2D eigenvalue weighted by molar-refractivity contribution is 0.768. The molecule has 2 aromatic heterocycles. The number of nitrogens with one attached hydrogen (secondary N) is 1. The van der Waals surface area contributed by atoms with Gasteiger partial charge in [0.05, 0.1) is 6.20 Å². The lowest BCUT2D eigenvalue weighted by Gasteiger charge is -2.11. The molecule has 0 spiro atoms. The normalized spacial score (nSPS) is 10.8. The zero-order valence-electron chi connectivity index (χ0n) is 14.5. The highest BCUT2D eigenvalue weighted by atomic mass is 15.2. The molecule has 0 amide bonds. The van der Waals surface area contributed by atoms with Crippen molar-refractivity contribution in [2.75, 3.05) is 5.32 Å². The number of nitrogens with zero attached hydrogens (tertiary/aromatic N) is 4. The van der Waals surface area contributed by atoms with E-state index in [0.29, 0.717) is 12.5 Å². The molecule has 0 fully saturated rings. The summed E-state index contributed by atoms with van der Waals surface area (Å²) in [4.78, 5) is 9.17. The van der Waals surface area contributed by atoms with Crippen molar-refractivity contribution in [3.63, 3.8) is 0 Å². The van der Waals surface area contributed by atoms with E-state index in [2.05, 4.69) is 64.6 Å². The molecule has 0 aliphatic rings. The second kappa shape index (κ2) is 7.25. The first-order valence-electron chi connectivity index (χ1n) is 8.37. The molecule has 1 aromatic carbocycles. The summed E-state index contributed by atoms with van der Waals surface area (Å²) in [5.41, 5.74) is 5.65. The molecular weight excluding hydrogens is 298 g/mol. The van der Waals surface area contributed by atoms with E-state index in [4.69, 9.17) is 0 Å². The van der Waals surface area contributed by atoms with Crippen LogP contribution < -0.4 is 5.32 Å². The first kappa shape index (κ1) is 16.2. The standard InChI is InChI=1S/C19H23N5/c1-4-16-10-17(5-2)23-19(22-16)20-11-14-8-6-7-9-18(14)15-12-21-24(3)13-15/h6-10,12-13H,4-5,11H2,1-3H3,(H,20,22,23). The monoisotopic (exact) mass is 321 g/mol. The molecule has 0 unspecified atom stereocenters. The average molecular weight is 321 g/mol. The molecule has 24 heavy (non-hydrogen) atoms. The van der Waals surface area contributed by atoms with E-state index < -0.39 is 0 Å². The van der Waals surface area contributed by atoms with E-state index in [-0.39, 0.29) is 0 Å². The zero-order valence-corrected chi connectivity index (χ0v) is 14.5. The number of hydrogen-bond donors (Lipinski definition) is 1. The van der Waals surface area contributed by atoms with Crippen LogP contribution in [0.1, 0.15) is 30.8 Å². The Morgan fingerprint density at radius 3 is 2.38 bits per heavy atom. The van der Waals surface area contributed by atoms with Gasteiger partial charge in [-0.25, -0.2) is 9.97 Å². The summed E-state index contributed by atoms with van der Waals surface area (Å²) in [6, 6.07) is 10.4. The van der Waals surface area contributed by atoms with Gasteiger partial charge in [-0.05, 0) is 30.0 Å². The van der Waals surface area contributed by atoms with Gasteiger partial charge >= 0.3 is 0 Å². The fraction of sp³-hybridized carbons (Fsp3) is 0.316. The van der Waals surface area contributed by atoms with Crippen molar-refractivity contribution < 1.29 is 0 Å². The summed E-state index contributed by atoms with van der Waals surface area (Å²) in [5, 5.41) is 7.65. The van der Waals surface area contributed by atoms with Crippen LogP contribution in [-0.4, -0.2) is 19.7 Å². The predicted octanol–water partition coefficient (Wildman–Crippen LogP) is 3.61. The molecule has 124 valence electrons. The van der Waals surface area contributed by atoms with Gasteiger partial charge in [0.1, 0.15) is 0 Å². The molecule has 0 aliphatic heterocycles. The van der Waals surface area contributed by atoms with Gasteiger partial charge in [-0.2, -0.15) is 5.10 Å². The van der Waals surface area contributed by atoms with Crippen molar-refractivity contribution in [3.8, 4) is 11.1 Å². The molecular formula is C19H23N5. The van der Waals surface area contributed by atoms with Crippen LogP contribution in [0.5, 0.6) is 0 Å². The molecule has 0 bridgehead atoms. The Labute approximate surface area is 142 Å². The highest BCUT2D eigenvalue weighted by molar-refractivity contribution is 5.66. The van der Waals surface area contributed by atoms with E-state index in [0.717, 1.165) is 29.8 Å². The van der Waals surface area contributed by atoms with E-state index in [1.165, 1.54) is 11.1 Å². The van der Waals surface area contributed by atoms with Crippen molar-refractivity contribution in [1.82, 2.24) is 19.7 Å². The Bertz CT molecular complexity index is 800. The number of rotatable bonds is 6. The van der Waals surface area contributed by atoms with Crippen LogP contribution in [-0.2, 0) is 26.4 Å². The number of hydrogen-bond acceptors (Lipinski definition) is 4. The molecule has 0 radical (unpaired) electrons. The van der Waals surface area contributed by atoms with Crippen molar-refractivity contribution in [1.29, 1.82) is 0 Å². The number of aryl methyl sites for hydroxylation is 3.